The number of ketones is 1. The highest BCUT2D eigenvalue weighted by Gasteiger charge is 2.43. The molecular weight excluding hydrogens is 275 g/mol. The summed E-state index contributed by atoms with van der Waals surface area (Å²) in [6.07, 6.45) is -5.12. The number of carboxylic acids is 1. The zero-order chi connectivity index (χ0) is 15.2. The number of benzene rings is 1. The molecule has 0 bridgehead atoms. The molecule has 0 atom stereocenters. The van der Waals surface area contributed by atoms with Crippen LogP contribution in [0.2, 0.25) is 0 Å². The molecule has 1 aromatic heterocycles. The van der Waals surface area contributed by atoms with Crippen LogP contribution in [0.4, 0.5) is 13.2 Å². The minimum Gasteiger partial charge on any atom is -0.477 e. The van der Waals surface area contributed by atoms with Crippen molar-refractivity contribution >= 4 is 22.7 Å². The van der Waals surface area contributed by atoms with E-state index in [9.17, 15) is 22.8 Å². The number of rotatable bonds is 2. The molecule has 2 rings (SSSR count). The van der Waals surface area contributed by atoms with Crippen LogP contribution in [-0.2, 0) is 7.05 Å². The molecule has 0 amide bonds. The monoisotopic (exact) mass is 285 g/mol. The van der Waals surface area contributed by atoms with Gasteiger partial charge in [-0.05, 0) is 19.1 Å². The predicted molar refractivity (Wildman–Crippen MR) is 65.0 cm³/mol. The lowest BCUT2D eigenvalue weighted by Crippen LogP contribution is -2.25. The fourth-order valence-corrected chi connectivity index (χ4v) is 2.18. The van der Waals surface area contributed by atoms with Crippen molar-refractivity contribution in [2.24, 2.45) is 7.05 Å². The van der Waals surface area contributed by atoms with Gasteiger partial charge in [0.05, 0.1) is 5.56 Å². The molecule has 0 aliphatic rings. The van der Waals surface area contributed by atoms with Crippen molar-refractivity contribution < 1.29 is 27.9 Å². The van der Waals surface area contributed by atoms with Gasteiger partial charge in [-0.3, -0.25) is 4.79 Å². The Morgan fingerprint density at radius 3 is 2.35 bits per heavy atom. The summed E-state index contributed by atoms with van der Waals surface area (Å²) in [7, 11) is 1.31. The Hall–Kier alpha value is -2.31. The van der Waals surface area contributed by atoms with Gasteiger partial charge in [0.1, 0.15) is 5.69 Å². The van der Waals surface area contributed by atoms with Gasteiger partial charge < -0.3 is 9.67 Å². The van der Waals surface area contributed by atoms with Gasteiger partial charge in [-0.25, -0.2) is 4.79 Å². The molecule has 7 heteroatoms. The third-order valence-electron chi connectivity index (χ3n) is 3.04. The van der Waals surface area contributed by atoms with E-state index in [4.69, 9.17) is 5.11 Å². The summed E-state index contributed by atoms with van der Waals surface area (Å²) < 4.78 is 39.1. The largest absolute Gasteiger partial charge is 0.477 e. The first-order valence-corrected chi connectivity index (χ1v) is 5.58. The number of aryl methyl sites for hydroxylation is 2. The van der Waals surface area contributed by atoms with E-state index in [1.165, 1.54) is 19.2 Å². The average molecular weight is 285 g/mol. The van der Waals surface area contributed by atoms with Crippen molar-refractivity contribution in [3.63, 3.8) is 0 Å². The molecule has 0 aliphatic heterocycles. The number of alkyl halides is 3. The van der Waals surface area contributed by atoms with Gasteiger partial charge in [0.15, 0.2) is 0 Å². The lowest BCUT2D eigenvalue weighted by molar-refractivity contribution is -0.0884. The van der Waals surface area contributed by atoms with Crippen LogP contribution < -0.4 is 0 Å². The number of carbonyl (C=O) groups excluding carboxylic acids is 1. The van der Waals surface area contributed by atoms with Crippen LogP contribution in [0.15, 0.2) is 18.2 Å². The van der Waals surface area contributed by atoms with Gasteiger partial charge in [0, 0.05) is 18.0 Å². The quantitative estimate of drug-likeness (QED) is 0.863. The summed E-state index contributed by atoms with van der Waals surface area (Å²) >= 11 is 0. The van der Waals surface area contributed by atoms with Crippen LogP contribution in [-0.4, -0.2) is 27.6 Å². The van der Waals surface area contributed by atoms with E-state index in [2.05, 4.69) is 0 Å². The minimum atomic E-state index is -5.12. The van der Waals surface area contributed by atoms with Crippen LogP contribution in [0.1, 0.15) is 26.4 Å². The Morgan fingerprint density at radius 2 is 1.85 bits per heavy atom. The van der Waals surface area contributed by atoms with Gasteiger partial charge in [0.25, 0.3) is 5.78 Å². The number of fused-ring (bicyclic) bond motifs is 1. The van der Waals surface area contributed by atoms with Crippen molar-refractivity contribution in [1.82, 2.24) is 4.57 Å². The first-order valence-electron chi connectivity index (χ1n) is 5.58. The van der Waals surface area contributed by atoms with Gasteiger partial charge in [0.2, 0.25) is 0 Å². The maximum atomic E-state index is 12.7. The van der Waals surface area contributed by atoms with Gasteiger partial charge in [-0.15, -0.1) is 0 Å². The Labute approximate surface area is 111 Å². The number of aromatic carboxylic acids is 1. The molecule has 0 spiro atoms. The number of nitrogens with zero attached hydrogens (tertiary/aromatic N) is 1. The predicted octanol–water partition coefficient (Wildman–Crippen LogP) is 2.93. The third-order valence-corrected chi connectivity index (χ3v) is 3.04. The lowest BCUT2D eigenvalue weighted by Gasteiger charge is -2.06. The SMILES string of the molecule is Cc1ccc2c(c1)c(C(=O)C(F)(F)F)c(C(=O)O)n2C. The summed E-state index contributed by atoms with van der Waals surface area (Å²) in [5.74, 6) is -3.72. The van der Waals surface area contributed by atoms with Crippen molar-refractivity contribution in [2.45, 2.75) is 13.1 Å². The smallest absolute Gasteiger partial charge is 0.454 e. The lowest BCUT2D eigenvalue weighted by atomic mass is 10.0. The van der Waals surface area contributed by atoms with Gasteiger partial charge in [-0.2, -0.15) is 13.2 Å². The van der Waals surface area contributed by atoms with Crippen LogP contribution in [0, 0.1) is 6.92 Å². The molecule has 0 radical (unpaired) electrons. The van der Waals surface area contributed by atoms with Gasteiger partial charge in [-0.1, -0.05) is 11.6 Å². The third kappa shape index (κ3) is 2.04. The molecule has 1 heterocycles. The maximum Gasteiger partial charge on any atom is 0.454 e. The second-order valence-corrected chi connectivity index (χ2v) is 4.44. The van der Waals surface area contributed by atoms with Crippen molar-refractivity contribution in [3.8, 4) is 0 Å². The van der Waals surface area contributed by atoms with E-state index < -0.39 is 29.2 Å². The van der Waals surface area contributed by atoms with E-state index in [1.807, 2.05) is 0 Å². The number of hydrogen-bond acceptors (Lipinski definition) is 2. The summed E-state index contributed by atoms with van der Waals surface area (Å²) in [6.45, 7) is 1.65. The Bertz CT molecular complexity index is 729. The normalized spacial score (nSPS) is 11.8. The zero-order valence-corrected chi connectivity index (χ0v) is 10.6. The number of hydrogen-bond donors (Lipinski definition) is 1. The summed E-state index contributed by atoms with van der Waals surface area (Å²) in [5, 5.41) is 9.08. The first kappa shape index (κ1) is 14.1. The molecule has 4 nitrogen and oxygen atoms in total. The van der Waals surface area contributed by atoms with E-state index in [-0.39, 0.29) is 10.9 Å². The highest BCUT2D eigenvalue weighted by molar-refractivity contribution is 6.17. The molecule has 0 saturated carbocycles. The Morgan fingerprint density at radius 1 is 1.25 bits per heavy atom. The molecular formula is C13H10F3NO3. The fourth-order valence-electron chi connectivity index (χ4n) is 2.18. The highest BCUT2D eigenvalue weighted by atomic mass is 19.4. The van der Waals surface area contributed by atoms with Crippen molar-refractivity contribution in [1.29, 1.82) is 0 Å². The number of carboxylic acid groups (broad SMARTS) is 1. The summed E-state index contributed by atoms with van der Waals surface area (Å²) in [5.41, 5.74) is -0.573. The van der Waals surface area contributed by atoms with E-state index >= 15 is 0 Å². The van der Waals surface area contributed by atoms with Crippen LogP contribution in [0.25, 0.3) is 10.9 Å². The average Bonchev–Trinajstić information content (AvgIpc) is 2.59. The number of halogens is 3. The summed E-state index contributed by atoms with van der Waals surface area (Å²) in [6, 6.07) is 4.50. The standard InChI is InChI=1S/C13H10F3NO3/c1-6-3-4-8-7(5-6)9(11(18)13(14,15)16)10(12(19)20)17(8)2/h3-5H,1-2H3,(H,19,20). The Balaban J connectivity index is 2.92. The molecule has 1 N–H and O–H groups in total. The number of Topliss-reactive ketones (excluding diaryl/α,β-unsaturated/α-hetero) is 1. The van der Waals surface area contributed by atoms with E-state index in [0.29, 0.717) is 5.56 Å². The summed E-state index contributed by atoms with van der Waals surface area (Å²) in [4.78, 5) is 22.7. The van der Waals surface area contributed by atoms with Crippen molar-refractivity contribution in [3.05, 3.63) is 35.0 Å². The molecule has 1 aromatic carbocycles. The molecule has 20 heavy (non-hydrogen) atoms. The first-order chi connectivity index (χ1) is 9.14. The number of carbonyl (C=O) groups is 2. The second kappa shape index (κ2) is 4.36. The molecule has 0 unspecified atom stereocenters. The van der Waals surface area contributed by atoms with Crippen LogP contribution in [0.5, 0.6) is 0 Å². The van der Waals surface area contributed by atoms with Crippen molar-refractivity contribution in [2.75, 3.05) is 0 Å². The van der Waals surface area contributed by atoms with Crippen LogP contribution >= 0.6 is 0 Å². The Kier molecular flexibility index (Phi) is 3.08. The topological polar surface area (TPSA) is 59.3 Å². The van der Waals surface area contributed by atoms with Crippen LogP contribution in [0.3, 0.4) is 0 Å². The maximum absolute atomic E-state index is 12.7. The second-order valence-electron chi connectivity index (χ2n) is 4.44. The minimum absolute atomic E-state index is 0.00720. The zero-order valence-electron chi connectivity index (χ0n) is 10.6. The fraction of sp³-hybridized carbons (Fsp3) is 0.231. The molecule has 0 aliphatic carbocycles. The molecule has 0 saturated heterocycles. The van der Waals surface area contributed by atoms with E-state index in [1.54, 1.807) is 13.0 Å². The van der Waals surface area contributed by atoms with E-state index in [0.717, 1.165) is 4.57 Å². The number of aromatic nitrogens is 1. The molecule has 2 aromatic rings. The molecule has 0 fully saturated rings. The highest BCUT2D eigenvalue weighted by Crippen LogP contribution is 2.32. The molecule has 106 valence electrons. The van der Waals surface area contributed by atoms with Gasteiger partial charge >= 0.3 is 12.1 Å².